The number of H-pyrrole nitrogens is 1. The van der Waals surface area contributed by atoms with Gasteiger partial charge in [-0.05, 0) is 91.8 Å². The molecule has 0 unspecified atom stereocenters. The van der Waals surface area contributed by atoms with Gasteiger partial charge in [0, 0.05) is 62.7 Å². The van der Waals surface area contributed by atoms with Crippen LogP contribution in [0.25, 0.3) is 10.9 Å². The van der Waals surface area contributed by atoms with Crippen molar-refractivity contribution in [3.05, 3.63) is 143 Å². The van der Waals surface area contributed by atoms with Crippen LogP contribution in [0.15, 0.2) is 115 Å². The number of unbranched alkanes of at least 4 members (excludes halogenated alkanes) is 1. The number of nitrogens with one attached hydrogen (secondary N) is 13. The highest BCUT2D eigenvalue weighted by atomic mass is 16.4. The average molecular weight is 1540 g/mol. The summed E-state index contributed by atoms with van der Waals surface area (Å²) in [5, 5.41) is 107. The maximum atomic E-state index is 14.4. The number of hydrogen-bond donors (Lipinski definition) is 21. The summed E-state index contributed by atoms with van der Waals surface area (Å²) in [6.07, 6.45) is -3.14. The highest BCUT2D eigenvalue weighted by Gasteiger charge is 2.35. The number of carbonyl (C=O) groups excluding carboxylic acids is 11. The maximum absolute atomic E-state index is 14.4. The van der Waals surface area contributed by atoms with Crippen molar-refractivity contribution in [2.24, 2.45) is 0 Å². The molecular formula is C72H89N13O25. The number of aliphatic carboxylic acids is 5. The van der Waals surface area contributed by atoms with Crippen LogP contribution in [0.1, 0.15) is 97.3 Å². The molecule has 0 spiro atoms. The highest BCUT2D eigenvalue weighted by Crippen LogP contribution is 2.20. The Hall–Kier alpha value is -12.7. The van der Waals surface area contributed by atoms with Gasteiger partial charge in [0.2, 0.25) is 53.2 Å². The molecule has 0 aliphatic rings. The summed E-state index contributed by atoms with van der Waals surface area (Å²) in [5.41, 5.74) is 2.66. The fourth-order valence-electron chi connectivity index (χ4n) is 11.1. The Morgan fingerprint density at radius 1 is 0.382 bits per heavy atom. The zero-order chi connectivity index (χ0) is 81.0. The standard InChI is InChI=1S/C72H89N13O25/c1-39(88)77-53(31-40-12-4-2-5-13-40)65(100)81-54(32-41-14-6-3-7-15-41)66(101)82-56(38-87)68(103)83-55(37-86)67(102)80-48(24-27-60(93)94)64(99)79-47(23-26-59(91)92)62(97)76-36-58(90)78-51(30-42-19-21-43(22-20-42)69(104)105)57(89)35-75-52(33-44-34-74-46-17-9-8-16-45(44)46)63(98)73-29-11-10-18-49(70(106)107)84-72(110)85-50(71(108)109)25-28-61(95)96/h2-9,12-17,19-22,34,47-56,74-75,86-87H,10-11,18,23-33,35-38H2,1H3,(H,73,98)(H,76,97)(H,77,88)(H,78,90)(H,79,99)(H,80,102)(H,81,100)(H,82,101)(H,83,103)(H,91,92)(H,93,94)(H,95,96)(H,104,105)(H,106,107)(H,108,109)(H2,84,85,110)/t47-,48-,49-,50-,51-,52-,53-,54-,55-,56-/m0/s1. The van der Waals surface area contributed by atoms with E-state index < -0.39 is 226 Å². The van der Waals surface area contributed by atoms with Gasteiger partial charge in [0.05, 0.1) is 44.0 Å². The highest BCUT2D eigenvalue weighted by molar-refractivity contribution is 5.99. The monoisotopic (exact) mass is 1540 g/mol. The van der Waals surface area contributed by atoms with Gasteiger partial charge < -0.3 is 104 Å². The Kier molecular flexibility index (Phi) is 36.0. The Morgan fingerprint density at radius 2 is 0.809 bits per heavy atom. The maximum Gasteiger partial charge on any atom is 0.335 e. The molecule has 1 heterocycles. The second-order valence-electron chi connectivity index (χ2n) is 25.3. The van der Waals surface area contributed by atoms with Crippen LogP contribution in [-0.2, 0) is 97.6 Å². The molecule has 0 radical (unpaired) electrons. The summed E-state index contributed by atoms with van der Waals surface area (Å²) < 4.78 is 0. The van der Waals surface area contributed by atoms with Crippen molar-refractivity contribution < 1.29 is 122 Å². The number of para-hydroxylation sites is 1. The van der Waals surface area contributed by atoms with E-state index in [9.17, 15) is 117 Å². The fourth-order valence-corrected chi connectivity index (χ4v) is 11.1. The minimum Gasteiger partial charge on any atom is -0.481 e. The zero-order valence-electron chi connectivity index (χ0n) is 59.5. The molecule has 0 fully saturated rings. The van der Waals surface area contributed by atoms with Crippen molar-refractivity contribution in [1.29, 1.82) is 0 Å². The zero-order valence-corrected chi connectivity index (χ0v) is 59.5. The lowest BCUT2D eigenvalue weighted by atomic mass is 10.00. The number of ketones is 1. The van der Waals surface area contributed by atoms with Crippen molar-refractivity contribution in [3.8, 4) is 0 Å². The summed E-state index contributed by atoms with van der Waals surface area (Å²) in [4.78, 5) is 224. The second-order valence-corrected chi connectivity index (χ2v) is 25.3. The fraction of sp³-hybridized carbons (Fsp3) is 0.403. The number of Topliss-reactive ketones (excluding diaryl/α,β-unsaturated/α-hetero) is 1. The lowest BCUT2D eigenvalue weighted by molar-refractivity contribution is -0.141. The molecule has 0 aliphatic carbocycles. The van der Waals surface area contributed by atoms with E-state index in [1.54, 1.807) is 91.1 Å². The molecule has 1 aromatic heterocycles. The molecule has 5 aromatic rings. The first-order valence-electron chi connectivity index (χ1n) is 34.6. The van der Waals surface area contributed by atoms with Gasteiger partial charge in [-0.1, -0.05) is 91.0 Å². The van der Waals surface area contributed by atoms with E-state index in [0.717, 1.165) is 0 Å². The topological polar surface area (TPSA) is 612 Å². The van der Waals surface area contributed by atoms with E-state index in [1.807, 2.05) is 5.32 Å². The first kappa shape index (κ1) is 87.9. The number of urea groups is 1. The predicted molar refractivity (Wildman–Crippen MR) is 385 cm³/mol. The van der Waals surface area contributed by atoms with Crippen molar-refractivity contribution in [2.45, 2.75) is 151 Å². The van der Waals surface area contributed by atoms with Crippen LogP contribution < -0.4 is 63.8 Å². The predicted octanol–water partition coefficient (Wildman–Crippen LogP) is -2.74. The molecule has 21 N–H and O–H groups in total. The first-order valence-corrected chi connectivity index (χ1v) is 34.6. The quantitative estimate of drug-likeness (QED) is 0.0176. The molecule has 38 nitrogen and oxygen atoms in total. The molecule has 0 saturated heterocycles. The van der Waals surface area contributed by atoms with Crippen molar-refractivity contribution in [1.82, 2.24) is 68.8 Å². The van der Waals surface area contributed by atoms with Crippen molar-refractivity contribution in [2.75, 3.05) is 32.8 Å². The number of benzene rings is 4. The molecular weight excluding hydrogens is 1450 g/mol. The molecule has 110 heavy (non-hydrogen) atoms. The van der Waals surface area contributed by atoms with Gasteiger partial charge in [0.25, 0.3) is 0 Å². The van der Waals surface area contributed by atoms with Gasteiger partial charge >= 0.3 is 41.8 Å². The smallest absolute Gasteiger partial charge is 0.335 e. The largest absolute Gasteiger partial charge is 0.481 e. The molecule has 0 aliphatic heterocycles. The Bertz CT molecular complexity index is 4070. The van der Waals surface area contributed by atoms with Crippen LogP contribution in [0.5, 0.6) is 0 Å². The summed E-state index contributed by atoms with van der Waals surface area (Å²) >= 11 is 0. The number of aromatic amines is 1. The molecule has 38 heteroatoms. The van der Waals surface area contributed by atoms with Crippen LogP contribution >= 0.6 is 0 Å². The van der Waals surface area contributed by atoms with E-state index in [2.05, 4.69) is 63.5 Å². The summed E-state index contributed by atoms with van der Waals surface area (Å²) in [7, 11) is 0. The van der Waals surface area contributed by atoms with Crippen LogP contribution in [0.4, 0.5) is 4.79 Å². The number of carboxylic acids is 6. The molecule has 4 aromatic carbocycles. The number of aromatic carboxylic acids is 1. The van der Waals surface area contributed by atoms with E-state index >= 15 is 0 Å². The van der Waals surface area contributed by atoms with E-state index in [4.69, 9.17) is 5.11 Å². The lowest BCUT2D eigenvalue weighted by Gasteiger charge is -2.26. The van der Waals surface area contributed by atoms with Gasteiger partial charge in [-0.3, -0.25) is 67.6 Å². The average Bonchev–Trinajstić information content (AvgIpc) is 1.69. The van der Waals surface area contributed by atoms with Crippen molar-refractivity contribution >= 4 is 112 Å². The van der Waals surface area contributed by atoms with E-state index in [1.165, 1.54) is 31.2 Å². The van der Waals surface area contributed by atoms with Crippen LogP contribution in [0, 0.1) is 0 Å². The number of carbonyl (C=O) groups is 17. The molecule has 11 amide bonds. The van der Waals surface area contributed by atoms with Gasteiger partial charge in [-0.15, -0.1) is 0 Å². The number of rotatable bonds is 49. The molecule has 592 valence electrons. The Morgan fingerprint density at radius 3 is 1.31 bits per heavy atom. The van der Waals surface area contributed by atoms with Crippen LogP contribution in [0.2, 0.25) is 0 Å². The second kappa shape index (κ2) is 45.1. The number of aromatic nitrogens is 1. The minimum atomic E-state index is -2.02. The van der Waals surface area contributed by atoms with Gasteiger partial charge in [0.15, 0.2) is 5.78 Å². The van der Waals surface area contributed by atoms with Gasteiger partial charge in [0.1, 0.15) is 48.3 Å². The molecule has 10 atom stereocenters. The number of amides is 11. The van der Waals surface area contributed by atoms with Crippen molar-refractivity contribution in [3.63, 3.8) is 0 Å². The third-order valence-electron chi connectivity index (χ3n) is 16.9. The van der Waals surface area contributed by atoms with Gasteiger partial charge in [-0.2, -0.15) is 0 Å². The molecule has 5 rings (SSSR count). The number of fused-ring (bicyclic) bond motifs is 1. The number of aliphatic hydroxyl groups excluding tert-OH is 2. The van der Waals surface area contributed by atoms with Crippen LogP contribution in [-0.4, -0.2) is 240 Å². The van der Waals surface area contributed by atoms with E-state index in [0.29, 0.717) is 33.2 Å². The third kappa shape index (κ3) is 30.6. The Balaban J connectivity index is 1.27. The lowest BCUT2D eigenvalue weighted by Crippen LogP contribution is -2.61. The van der Waals surface area contributed by atoms with E-state index in [-0.39, 0.29) is 57.1 Å². The first-order chi connectivity index (χ1) is 52.3. The SMILES string of the molecule is CC(=O)N[C@@H](Cc1ccccc1)C(=O)N[C@@H](Cc1ccccc1)C(=O)N[C@@H](CO)C(=O)N[C@@H](CO)C(=O)N[C@@H](CCC(=O)O)C(=O)N[C@@H](CCC(=O)O)C(=O)NCC(=O)N[C@@H](Cc1ccc(C(=O)O)cc1)C(=O)CN[C@@H](Cc1c[nH]c2ccccc12)C(=O)NCCCC[C@H](NC(=O)N[C@@H](CCC(=O)O)C(=O)O)C(=O)O. The summed E-state index contributed by atoms with van der Waals surface area (Å²) in [6.45, 7) is -2.90. The summed E-state index contributed by atoms with van der Waals surface area (Å²) in [6, 6.07) is 11.6. The van der Waals surface area contributed by atoms with Crippen LogP contribution in [0.3, 0.4) is 0 Å². The van der Waals surface area contributed by atoms with Gasteiger partial charge in [-0.25, -0.2) is 19.2 Å². The molecule has 0 bridgehead atoms. The minimum absolute atomic E-state index is 0.00509. The summed E-state index contributed by atoms with van der Waals surface area (Å²) in [5.74, 6) is -18.8. The normalized spacial score (nSPS) is 13.7. The number of aliphatic hydroxyl groups is 2. The number of carboxylic acid groups (broad SMARTS) is 6. The third-order valence-corrected chi connectivity index (χ3v) is 16.9. The molecule has 0 saturated carbocycles. The number of hydrogen-bond acceptors (Lipinski definition) is 20. The Labute approximate surface area is 627 Å².